The number of halogens is 1. The molecule has 1 atom stereocenters. The van der Waals surface area contributed by atoms with Gasteiger partial charge in [-0.25, -0.2) is 0 Å². The van der Waals surface area contributed by atoms with Gasteiger partial charge >= 0.3 is 0 Å². The third-order valence-electron chi connectivity index (χ3n) is 4.64. The van der Waals surface area contributed by atoms with Gasteiger partial charge in [-0.05, 0) is 48.4 Å². The average molecular weight is 428 g/mol. The molecule has 0 radical (unpaired) electrons. The number of amides is 2. The molecule has 23 heavy (non-hydrogen) atoms. The van der Waals surface area contributed by atoms with Gasteiger partial charge in [-0.3, -0.25) is 14.3 Å². The number of carbonyl (C=O) groups excluding carboxylic acids is 2. The van der Waals surface area contributed by atoms with Crippen molar-refractivity contribution in [1.82, 2.24) is 19.6 Å². The lowest BCUT2D eigenvalue weighted by Crippen LogP contribution is -2.48. The topological polar surface area (TPSA) is 58.4 Å². The zero-order valence-electron chi connectivity index (χ0n) is 13.3. The second-order valence-electron chi connectivity index (χ2n) is 6.16. The van der Waals surface area contributed by atoms with Crippen molar-refractivity contribution in [2.75, 3.05) is 19.6 Å². The maximum atomic E-state index is 12.9. The molecule has 1 fully saturated rings. The van der Waals surface area contributed by atoms with Gasteiger partial charge in [0, 0.05) is 19.6 Å². The van der Waals surface area contributed by atoms with Crippen LogP contribution in [0.15, 0.2) is 12.7 Å². The van der Waals surface area contributed by atoms with Crippen LogP contribution in [0.25, 0.3) is 0 Å². The lowest BCUT2D eigenvalue weighted by molar-refractivity contribution is -0.140. The van der Waals surface area contributed by atoms with Crippen LogP contribution in [0.5, 0.6) is 0 Å². The Morgan fingerprint density at radius 3 is 2.83 bits per heavy atom. The Bertz CT molecular complexity index is 655. The van der Waals surface area contributed by atoms with E-state index in [-0.39, 0.29) is 17.7 Å². The van der Waals surface area contributed by atoms with E-state index in [9.17, 15) is 9.59 Å². The number of rotatable bonds is 2. The summed E-state index contributed by atoms with van der Waals surface area (Å²) in [5.41, 5.74) is 2.15. The van der Waals surface area contributed by atoms with Crippen LogP contribution < -0.4 is 0 Å². The van der Waals surface area contributed by atoms with Gasteiger partial charge in [-0.15, -0.1) is 0 Å². The summed E-state index contributed by atoms with van der Waals surface area (Å²) in [6.45, 7) is 8.81. The molecule has 0 aliphatic carbocycles. The molecule has 0 saturated carbocycles. The number of hydrogen-bond acceptors (Lipinski definition) is 3. The lowest BCUT2D eigenvalue weighted by atomic mass is 9.96. The highest BCUT2D eigenvalue weighted by atomic mass is 127. The van der Waals surface area contributed by atoms with E-state index in [0.29, 0.717) is 19.6 Å². The molecule has 3 heterocycles. The average Bonchev–Trinajstić information content (AvgIpc) is 2.87. The fourth-order valence-electron chi connectivity index (χ4n) is 3.37. The first-order valence-corrected chi connectivity index (χ1v) is 9.01. The summed E-state index contributed by atoms with van der Waals surface area (Å²) in [5, 5.41) is 4.51. The summed E-state index contributed by atoms with van der Waals surface area (Å²) < 4.78 is 3.15. The lowest BCUT2D eigenvalue weighted by Gasteiger charge is -2.36. The standard InChI is InChI=1S/C16H21IN4O2/c1-3-14(22)19-6-4-5-12(9-19)16(23)20-7-8-21-13(10-20)15(17)11(2)18-21/h3,12H,1,4-10H2,2H3. The minimum atomic E-state index is -0.0964. The van der Waals surface area contributed by atoms with Crippen molar-refractivity contribution in [2.24, 2.45) is 5.92 Å². The van der Waals surface area contributed by atoms with E-state index in [4.69, 9.17) is 0 Å². The number of nitrogens with zero attached hydrogens (tertiary/aromatic N) is 4. The van der Waals surface area contributed by atoms with Crippen LogP contribution in [0.2, 0.25) is 0 Å². The molecule has 0 bridgehead atoms. The Morgan fingerprint density at radius 2 is 2.09 bits per heavy atom. The van der Waals surface area contributed by atoms with Crippen molar-refractivity contribution >= 4 is 34.4 Å². The van der Waals surface area contributed by atoms with Crippen LogP contribution in [-0.2, 0) is 22.7 Å². The quantitative estimate of drug-likeness (QED) is 0.531. The largest absolute Gasteiger partial charge is 0.338 e. The molecule has 2 aliphatic heterocycles. The van der Waals surface area contributed by atoms with E-state index >= 15 is 0 Å². The highest BCUT2D eigenvalue weighted by molar-refractivity contribution is 14.1. The molecule has 0 N–H and O–H groups in total. The highest BCUT2D eigenvalue weighted by Crippen LogP contribution is 2.25. The maximum Gasteiger partial charge on any atom is 0.245 e. The normalized spacial score (nSPS) is 21.0. The van der Waals surface area contributed by atoms with E-state index in [0.717, 1.165) is 40.9 Å². The van der Waals surface area contributed by atoms with Crippen LogP contribution in [0, 0.1) is 16.4 Å². The summed E-state index contributed by atoms with van der Waals surface area (Å²) in [7, 11) is 0. The second kappa shape index (κ2) is 6.62. The molecule has 0 aromatic carbocycles. The third kappa shape index (κ3) is 3.15. The Morgan fingerprint density at radius 1 is 1.30 bits per heavy atom. The predicted molar refractivity (Wildman–Crippen MR) is 94.6 cm³/mol. The van der Waals surface area contributed by atoms with Crippen LogP contribution in [0.1, 0.15) is 24.2 Å². The van der Waals surface area contributed by atoms with Crippen LogP contribution in [0.3, 0.4) is 0 Å². The van der Waals surface area contributed by atoms with Gasteiger partial charge in [0.15, 0.2) is 0 Å². The smallest absolute Gasteiger partial charge is 0.245 e. The first-order valence-electron chi connectivity index (χ1n) is 7.93. The predicted octanol–water partition coefficient (Wildman–Crippen LogP) is 1.56. The van der Waals surface area contributed by atoms with E-state index in [2.05, 4.69) is 34.3 Å². The molecule has 6 nitrogen and oxygen atoms in total. The van der Waals surface area contributed by atoms with Gasteiger partial charge in [-0.2, -0.15) is 5.10 Å². The molecule has 2 amide bonds. The Kier molecular flexibility index (Phi) is 4.74. The van der Waals surface area contributed by atoms with Crippen LogP contribution in [0.4, 0.5) is 0 Å². The van der Waals surface area contributed by atoms with Gasteiger partial charge in [0.05, 0.1) is 34.0 Å². The summed E-state index contributed by atoms with van der Waals surface area (Å²) >= 11 is 2.30. The zero-order valence-corrected chi connectivity index (χ0v) is 15.5. The van der Waals surface area contributed by atoms with Gasteiger partial charge in [0.25, 0.3) is 0 Å². The Hall–Kier alpha value is -1.38. The number of likely N-dealkylation sites (tertiary alicyclic amines) is 1. The summed E-state index contributed by atoms with van der Waals surface area (Å²) in [4.78, 5) is 28.3. The minimum Gasteiger partial charge on any atom is -0.338 e. The highest BCUT2D eigenvalue weighted by Gasteiger charge is 2.33. The molecule has 7 heteroatoms. The van der Waals surface area contributed by atoms with Crippen molar-refractivity contribution in [3.63, 3.8) is 0 Å². The van der Waals surface area contributed by atoms with E-state index in [1.54, 1.807) is 4.90 Å². The number of fused-ring (bicyclic) bond motifs is 1. The number of aromatic nitrogens is 2. The zero-order chi connectivity index (χ0) is 16.6. The summed E-state index contributed by atoms with van der Waals surface area (Å²) in [6, 6.07) is 0. The minimum absolute atomic E-state index is 0.0793. The molecule has 3 rings (SSSR count). The summed E-state index contributed by atoms with van der Waals surface area (Å²) in [6.07, 6.45) is 3.06. The van der Waals surface area contributed by atoms with Gasteiger partial charge in [0.1, 0.15) is 0 Å². The fourth-order valence-corrected chi connectivity index (χ4v) is 3.93. The van der Waals surface area contributed by atoms with E-state index in [1.165, 1.54) is 6.08 Å². The van der Waals surface area contributed by atoms with Gasteiger partial charge < -0.3 is 9.80 Å². The first-order chi connectivity index (χ1) is 11.0. The molecular formula is C16H21IN4O2. The first kappa shape index (κ1) is 16.5. The van der Waals surface area contributed by atoms with Crippen LogP contribution >= 0.6 is 22.6 Å². The van der Waals surface area contributed by atoms with E-state index in [1.807, 2.05) is 16.5 Å². The molecule has 2 aliphatic rings. The molecule has 1 aromatic heterocycles. The molecule has 1 aromatic rings. The van der Waals surface area contributed by atoms with Crippen LogP contribution in [-0.4, -0.2) is 51.0 Å². The van der Waals surface area contributed by atoms with Crippen molar-refractivity contribution in [2.45, 2.75) is 32.9 Å². The Balaban J connectivity index is 1.70. The molecule has 0 spiro atoms. The molecular weight excluding hydrogens is 407 g/mol. The maximum absolute atomic E-state index is 12.9. The molecule has 124 valence electrons. The van der Waals surface area contributed by atoms with Crippen molar-refractivity contribution in [1.29, 1.82) is 0 Å². The van der Waals surface area contributed by atoms with Crippen molar-refractivity contribution < 1.29 is 9.59 Å². The fraction of sp³-hybridized carbons (Fsp3) is 0.562. The summed E-state index contributed by atoms with van der Waals surface area (Å²) in [5.74, 6) is -0.0160. The number of hydrogen-bond donors (Lipinski definition) is 0. The number of aryl methyl sites for hydroxylation is 1. The van der Waals surface area contributed by atoms with Crippen molar-refractivity contribution in [3.05, 3.63) is 27.6 Å². The third-order valence-corrected chi connectivity index (χ3v) is 6.05. The number of carbonyl (C=O) groups is 2. The second-order valence-corrected chi connectivity index (χ2v) is 7.24. The number of piperidine rings is 1. The van der Waals surface area contributed by atoms with Gasteiger partial charge in [-0.1, -0.05) is 6.58 Å². The Labute approximate surface area is 149 Å². The van der Waals surface area contributed by atoms with Gasteiger partial charge in [0.2, 0.25) is 11.8 Å². The van der Waals surface area contributed by atoms with E-state index < -0.39 is 0 Å². The molecule has 1 unspecified atom stereocenters. The molecule has 1 saturated heterocycles. The van der Waals surface area contributed by atoms with Crippen molar-refractivity contribution in [3.8, 4) is 0 Å². The monoisotopic (exact) mass is 428 g/mol. The SMILES string of the molecule is C=CC(=O)N1CCCC(C(=O)N2CCn3nc(C)c(I)c3C2)C1.